The molecule has 3 aromatic rings. The Morgan fingerprint density at radius 3 is 1.33 bits per heavy atom. The number of aryl methyl sites for hydroxylation is 2. The van der Waals surface area contributed by atoms with E-state index in [0.29, 0.717) is 0 Å². The zero-order chi connectivity index (χ0) is 19.2. The highest BCUT2D eigenvalue weighted by Crippen LogP contribution is 2.40. The van der Waals surface area contributed by atoms with Crippen LogP contribution in [0.5, 0.6) is 0 Å². The molecule has 0 aromatic carbocycles. The fourth-order valence-corrected chi connectivity index (χ4v) is 6.32. The van der Waals surface area contributed by atoms with Gasteiger partial charge in [0.15, 0.2) is 0 Å². The molecule has 0 aliphatic carbocycles. The molecule has 0 aliphatic heterocycles. The van der Waals surface area contributed by atoms with Gasteiger partial charge in [0.25, 0.3) is 0 Å². The van der Waals surface area contributed by atoms with Gasteiger partial charge in [0.2, 0.25) is 0 Å². The third-order valence-corrected chi connectivity index (χ3v) is 8.24. The second kappa shape index (κ2) is 9.99. The summed E-state index contributed by atoms with van der Waals surface area (Å²) in [4.78, 5) is 13.1. The molecule has 0 amide bonds. The average Bonchev–Trinajstić information content (AvgIpc) is 3.34. The SMILES string of the molecule is CN(C)CCCc1ccc(-c2ccc(-c3ccc(CCCN(C)C)s3)s2)s1. The first-order valence-corrected chi connectivity index (χ1v) is 12.0. The molecule has 0 saturated heterocycles. The molecule has 5 heteroatoms. The van der Waals surface area contributed by atoms with Gasteiger partial charge in [-0.05, 0) is 103 Å². The van der Waals surface area contributed by atoms with E-state index >= 15 is 0 Å². The predicted molar refractivity (Wildman–Crippen MR) is 125 cm³/mol. The Hall–Kier alpha value is -0.980. The zero-order valence-corrected chi connectivity index (χ0v) is 19.3. The summed E-state index contributed by atoms with van der Waals surface area (Å²) in [5.74, 6) is 0. The summed E-state index contributed by atoms with van der Waals surface area (Å²) < 4.78 is 0. The van der Waals surface area contributed by atoms with Gasteiger partial charge in [-0.1, -0.05) is 0 Å². The van der Waals surface area contributed by atoms with Crippen LogP contribution in [0.1, 0.15) is 22.6 Å². The molecule has 0 unspecified atom stereocenters. The molecule has 3 rings (SSSR count). The molecule has 0 fully saturated rings. The standard InChI is InChI=1S/C22H30N2S3/c1-23(2)15-5-7-17-9-11-19(25-17)21-13-14-22(27-21)20-12-10-18(26-20)8-6-16-24(3)4/h9-14H,5-8,15-16H2,1-4H3. The quantitative estimate of drug-likeness (QED) is 0.387. The van der Waals surface area contributed by atoms with E-state index in [1.54, 1.807) is 0 Å². The van der Waals surface area contributed by atoms with Crippen molar-refractivity contribution < 1.29 is 0 Å². The lowest BCUT2D eigenvalue weighted by molar-refractivity contribution is 0.401. The Labute approximate surface area is 176 Å². The highest BCUT2D eigenvalue weighted by atomic mass is 32.1. The largest absolute Gasteiger partial charge is 0.309 e. The Morgan fingerprint density at radius 2 is 0.926 bits per heavy atom. The van der Waals surface area contributed by atoms with Gasteiger partial charge in [-0.2, -0.15) is 0 Å². The second-order valence-electron chi connectivity index (χ2n) is 7.51. The summed E-state index contributed by atoms with van der Waals surface area (Å²) in [6.07, 6.45) is 4.83. The molecule has 0 saturated carbocycles. The molecule has 0 N–H and O–H groups in total. The van der Waals surface area contributed by atoms with Crippen LogP contribution in [0.2, 0.25) is 0 Å². The van der Waals surface area contributed by atoms with Crippen molar-refractivity contribution in [1.82, 2.24) is 9.80 Å². The maximum absolute atomic E-state index is 2.31. The van der Waals surface area contributed by atoms with Crippen molar-refractivity contribution in [3.05, 3.63) is 46.2 Å². The summed E-state index contributed by atoms with van der Waals surface area (Å²) in [6.45, 7) is 2.32. The molecular formula is C22H30N2S3. The lowest BCUT2D eigenvalue weighted by Crippen LogP contribution is -2.13. The first kappa shape index (κ1) is 20.7. The van der Waals surface area contributed by atoms with Crippen molar-refractivity contribution in [1.29, 1.82) is 0 Å². The van der Waals surface area contributed by atoms with Crippen LogP contribution >= 0.6 is 34.0 Å². The molecule has 27 heavy (non-hydrogen) atoms. The highest BCUT2D eigenvalue weighted by Gasteiger charge is 2.10. The molecular weight excluding hydrogens is 388 g/mol. The lowest BCUT2D eigenvalue weighted by Gasteiger charge is -2.07. The molecule has 0 radical (unpaired) electrons. The summed E-state index contributed by atoms with van der Waals surface area (Å²) in [6, 6.07) is 13.8. The Kier molecular flexibility index (Phi) is 7.67. The third kappa shape index (κ3) is 6.26. The molecule has 0 atom stereocenters. The van der Waals surface area contributed by atoms with Crippen molar-refractivity contribution in [2.24, 2.45) is 0 Å². The monoisotopic (exact) mass is 418 g/mol. The molecule has 3 heterocycles. The van der Waals surface area contributed by atoms with Crippen LogP contribution in [0.3, 0.4) is 0 Å². The summed E-state index contributed by atoms with van der Waals surface area (Å²) in [7, 11) is 8.58. The van der Waals surface area contributed by atoms with E-state index < -0.39 is 0 Å². The number of nitrogens with zero attached hydrogens (tertiary/aromatic N) is 2. The van der Waals surface area contributed by atoms with E-state index in [-0.39, 0.29) is 0 Å². The average molecular weight is 419 g/mol. The maximum atomic E-state index is 2.31. The first-order valence-electron chi connectivity index (χ1n) is 9.59. The van der Waals surface area contributed by atoms with Crippen molar-refractivity contribution in [2.45, 2.75) is 25.7 Å². The van der Waals surface area contributed by atoms with Gasteiger partial charge >= 0.3 is 0 Å². The van der Waals surface area contributed by atoms with Gasteiger partial charge in [0, 0.05) is 29.3 Å². The van der Waals surface area contributed by atoms with E-state index in [1.165, 1.54) is 54.9 Å². The number of hydrogen-bond donors (Lipinski definition) is 0. The number of hydrogen-bond acceptors (Lipinski definition) is 5. The summed E-state index contributed by atoms with van der Waals surface area (Å²) >= 11 is 5.84. The van der Waals surface area contributed by atoms with E-state index in [2.05, 4.69) is 74.4 Å². The molecule has 0 bridgehead atoms. The topological polar surface area (TPSA) is 6.48 Å². The molecule has 2 nitrogen and oxygen atoms in total. The van der Waals surface area contributed by atoms with Crippen molar-refractivity contribution >= 4 is 34.0 Å². The van der Waals surface area contributed by atoms with Crippen molar-refractivity contribution in [3.8, 4) is 19.5 Å². The number of rotatable bonds is 10. The van der Waals surface area contributed by atoms with Gasteiger partial charge < -0.3 is 9.80 Å². The Bertz CT molecular complexity index is 759. The second-order valence-corrected chi connectivity index (χ2v) is 10.9. The fraction of sp³-hybridized carbons (Fsp3) is 0.455. The van der Waals surface area contributed by atoms with Crippen LogP contribution in [0, 0.1) is 0 Å². The maximum Gasteiger partial charge on any atom is 0.0449 e. The summed E-state index contributed by atoms with van der Waals surface area (Å²) in [5, 5.41) is 0. The number of thiophene rings is 3. The normalized spacial score (nSPS) is 11.8. The van der Waals surface area contributed by atoms with Crippen LogP contribution in [0.25, 0.3) is 19.5 Å². The van der Waals surface area contributed by atoms with Gasteiger partial charge in [-0.25, -0.2) is 0 Å². The minimum absolute atomic E-state index is 1.16. The van der Waals surface area contributed by atoms with Crippen molar-refractivity contribution in [2.75, 3.05) is 41.3 Å². The van der Waals surface area contributed by atoms with E-state index in [0.717, 1.165) is 13.1 Å². The minimum atomic E-state index is 1.16. The fourth-order valence-electron chi connectivity index (χ4n) is 3.03. The Balaban J connectivity index is 1.60. The predicted octanol–water partition coefficient (Wildman–Crippen LogP) is 6.19. The van der Waals surface area contributed by atoms with Gasteiger partial charge in [0.05, 0.1) is 0 Å². The highest BCUT2D eigenvalue weighted by molar-refractivity contribution is 7.26. The molecule has 146 valence electrons. The minimum Gasteiger partial charge on any atom is -0.309 e. The lowest BCUT2D eigenvalue weighted by atomic mass is 10.2. The van der Waals surface area contributed by atoms with Crippen LogP contribution in [0.4, 0.5) is 0 Å². The summed E-state index contributed by atoms with van der Waals surface area (Å²) in [5.41, 5.74) is 0. The van der Waals surface area contributed by atoms with E-state index in [1.807, 2.05) is 34.0 Å². The molecule has 0 spiro atoms. The molecule has 3 aromatic heterocycles. The third-order valence-electron chi connectivity index (χ3n) is 4.47. The smallest absolute Gasteiger partial charge is 0.0449 e. The van der Waals surface area contributed by atoms with Crippen LogP contribution < -0.4 is 0 Å². The molecule has 0 aliphatic rings. The van der Waals surface area contributed by atoms with Gasteiger partial charge in [-0.15, -0.1) is 34.0 Å². The van der Waals surface area contributed by atoms with E-state index in [9.17, 15) is 0 Å². The Morgan fingerprint density at radius 1 is 0.556 bits per heavy atom. The van der Waals surface area contributed by atoms with Gasteiger partial charge in [0.1, 0.15) is 0 Å². The first-order chi connectivity index (χ1) is 13.0. The van der Waals surface area contributed by atoms with Crippen LogP contribution in [-0.2, 0) is 12.8 Å². The van der Waals surface area contributed by atoms with Crippen LogP contribution in [0.15, 0.2) is 36.4 Å². The zero-order valence-electron chi connectivity index (χ0n) is 16.8. The van der Waals surface area contributed by atoms with Gasteiger partial charge in [-0.3, -0.25) is 0 Å². The van der Waals surface area contributed by atoms with E-state index in [4.69, 9.17) is 0 Å². The van der Waals surface area contributed by atoms with Crippen LogP contribution in [-0.4, -0.2) is 51.1 Å². The van der Waals surface area contributed by atoms with Crippen molar-refractivity contribution in [3.63, 3.8) is 0 Å².